The maximum Gasteiger partial charge on any atom is 0.226 e. The summed E-state index contributed by atoms with van der Waals surface area (Å²) >= 11 is 0. The van der Waals surface area contributed by atoms with Gasteiger partial charge in [0.05, 0.1) is 17.9 Å². The molecule has 2 aromatic heterocycles. The van der Waals surface area contributed by atoms with Gasteiger partial charge in [-0.25, -0.2) is 4.98 Å². The Morgan fingerprint density at radius 3 is 2.83 bits per heavy atom. The van der Waals surface area contributed by atoms with E-state index in [-0.39, 0.29) is 17.7 Å². The third-order valence-electron chi connectivity index (χ3n) is 4.81. The molecule has 6 nitrogen and oxygen atoms in total. The van der Waals surface area contributed by atoms with Crippen LogP contribution in [0, 0.1) is 17.2 Å². The van der Waals surface area contributed by atoms with Crippen LogP contribution in [0.25, 0.3) is 0 Å². The van der Waals surface area contributed by atoms with E-state index in [2.05, 4.69) is 16.0 Å². The minimum atomic E-state index is 0.0720. The Kier molecular flexibility index (Phi) is 3.69. The number of hydrogen-bond acceptors (Lipinski definition) is 5. The predicted octanol–water partition coefficient (Wildman–Crippen LogP) is 2.00. The number of rotatable bonds is 3. The summed E-state index contributed by atoms with van der Waals surface area (Å²) < 4.78 is 5.41. The van der Waals surface area contributed by atoms with Crippen molar-refractivity contribution in [3.63, 3.8) is 0 Å². The number of nitriles is 1. The highest BCUT2D eigenvalue weighted by Crippen LogP contribution is 2.48. The van der Waals surface area contributed by atoms with E-state index >= 15 is 0 Å². The molecule has 24 heavy (non-hydrogen) atoms. The minimum Gasteiger partial charge on any atom is -0.469 e. The molecule has 1 saturated heterocycles. The molecular weight excluding hydrogens is 304 g/mol. The first-order chi connectivity index (χ1) is 11.8. The van der Waals surface area contributed by atoms with E-state index < -0.39 is 0 Å². The van der Waals surface area contributed by atoms with Gasteiger partial charge in [-0.2, -0.15) is 5.26 Å². The molecule has 0 radical (unpaired) electrons. The molecule has 2 fully saturated rings. The van der Waals surface area contributed by atoms with Crippen LogP contribution < -0.4 is 4.90 Å². The number of piperazine rings is 1. The molecule has 1 aliphatic heterocycles. The predicted molar refractivity (Wildman–Crippen MR) is 87.3 cm³/mol. The van der Waals surface area contributed by atoms with Crippen molar-refractivity contribution >= 4 is 11.7 Å². The number of carbonyl (C=O) groups is 1. The highest BCUT2D eigenvalue weighted by atomic mass is 16.3. The molecular formula is C18H18N4O2. The fourth-order valence-corrected chi connectivity index (χ4v) is 3.34. The van der Waals surface area contributed by atoms with E-state index in [4.69, 9.17) is 9.68 Å². The van der Waals surface area contributed by atoms with Crippen LogP contribution >= 0.6 is 0 Å². The quantitative estimate of drug-likeness (QED) is 0.864. The fourth-order valence-electron chi connectivity index (χ4n) is 3.34. The molecule has 1 saturated carbocycles. The van der Waals surface area contributed by atoms with Crippen molar-refractivity contribution in [1.29, 1.82) is 5.26 Å². The lowest BCUT2D eigenvalue weighted by Gasteiger charge is -2.35. The lowest BCUT2D eigenvalue weighted by atomic mass is 10.2. The van der Waals surface area contributed by atoms with Crippen molar-refractivity contribution in [2.75, 3.05) is 31.1 Å². The molecule has 3 heterocycles. The molecule has 122 valence electrons. The lowest BCUT2D eigenvalue weighted by Crippen LogP contribution is -2.49. The second-order valence-corrected chi connectivity index (χ2v) is 6.29. The molecule has 6 heteroatoms. The van der Waals surface area contributed by atoms with Crippen molar-refractivity contribution in [2.24, 2.45) is 5.92 Å². The van der Waals surface area contributed by atoms with E-state index in [0.29, 0.717) is 18.7 Å². The monoisotopic (exact) mass is 322 g/mol. The van der Waals surface area contributed by atoms with E-state index in [1.54, 1.807) is 24.6 Å². The van der Waals surface area contributed by atoms with Gasteiger partial charge in [-0.1, -0.05) is 0 Å². The number of hydrogen-bond donors (Lipinski definition) is 0. The van der Waals surface area contributed by atoms with Crippen LogP contribution in [0.1, 0.15) is 23.7 Å². The summed E-state index contributed by atoms with van der Waals surface area (Å²) in [5.74, 6) is 2.28. The second-order valence-electron chi connectivity index (χ2n) is 6.29. The first kappa shape index (κ1) is 14.8. The van der Waals surface area contributed by atoms with Crippen molar-refractivity contribution in [1.82, 2.24) is 9.88 Å². The summed E-state index contributed by atoms with van der Waals surface area (Å²) in [6.45, 7) is 2.87. The van der Waals surface area contributed by atoms with Gasteiger partial charge < -0.3 is 14.2 Å². The van der Waals surface area contributed by atoms with Gasteiger partial charge in [0.1, 0.15) is 11.6 Å². The SMILES string of the molecule is N#Cc1ccnc(N2CCN(C(=O)[C@@H]3C[C@H]3c3ccco3)CC2)c1. The third kappa shape index (κ3) is 2.73. The Hall–Kier alpha value is -2.81. The summed E-state index contributed by atoms with van der Waals surface area (Å²) in [4.78, 5) is 21.0. The minimum absolute atomic E-state index is 0.0720. The summed E-state index contributed by atoms with van der Waals surface area (Å²) in [5, 5.41) is 8.99. The Balaban J connectivity index is 1.35. The van der Waals surface area contributed by atoms with Crippen molar-refractivity contribution in [3.05, 3.63) is 48.0 Å². The van der Waals surface area contributed by atoms with Crippen molar-refractivity contribution < 1.29 is 9.21 Å². The smallest absolute Gasteiger partial charge is 0.226 e. The molecule has 2 aliphatic rings. The average molecular weight is 322 g/mol. The zero-order chi connectivity index (χ0) is 16.5. The van der Waals surface area contributed by atoms with Gasteiger partial charge in [0.25, 0.3) is 0 Å². The van der Waals surface area contributed by atoms with Gasteiger partial charge in [0.15, 0.2) is 0 Å². The lowest BCUT2D eigenvalue weighted by molar-refractivity contribution is -0.133. The normalized spacial score (nSPS) is 23.0. The van der Waals surface area contributed by atoms with Gasteiger partial charge in [-0.3, -0.25) is 4.79 Å². The molecule has 2 aromatic rings. The van der Waals surface area contributed by atoms with Crippen molar-refractivity contribution in [2.45, 2.75) is 12.3 Å². The Bertz CT molecular complexity index is 773. The maximum absolute atomic E-state index is 12.6. The first-order valence-corrected chi connectivity index (χ1v) is 8.19. The molecule has 0 unspecified atom stereocenters. The molecule has 0 aromatic carbocycles. The van der Waals surface area contributed by atoms with Crippen molar-refractivity contribution in [3.8, 4) is 6.07 Å². The summed E-state index contributed by atoms with van der Waals surface area (Å²) in [5.41, 5.74) is 0.609. The van der Waals surface area contributed by atoms with Gasteiger partial charge in [-0.15, -0.1) is 0 Å². The standard InChI is InChI=1S/C18H18N4O2/c19-12-13-3-4-20-17(10-13)21-5-7-22(8-6-21)18(23)15-11-14(15)16-2-1-9-24-16/h1-4,9-10,14-15H,5-8,11H2/t14-,15-/m1/s1. The van der Waals surface area contributed by atoms with E-state index in [1.165, 1.54) is 0 Å². The highest BCUT2D eigenvalue weighted by Gasteiger charge is 2.47. The van der Waals surface area contributed by atoms with Gasteiger partial charge in [0, 0.05) is 44.2 Å². The maximum atomic E-state index is 12.6. The van der Waals surface area contributed by atoms with Gasteiger partial charge in [0.2, 0.25) is 5.91 Å². The van der Waals surface area contributed by atoms with Gasteiger partial charge >= 0.3 is 0 Å². The molecule has 1 amide bonds. The Morgan fingerprint density at radius 2 is 2.12 bits per heavy atom. The largest absolute Gasteiger partial charge is 0.469 e. The zero-order valence-corrected chi connectivity index (χ0v) is 13.3. The third-order valence-corrected chi connectivity index (χ3v) is 4.81. The number of aromatic nitrogens is 1. The first-order valence-electron chi connectivity index (χ1n) is 8.19. The molecule has 0 N–H and O–H groups in total. The second kappa shape index (κ2) is 6.00. The zero-order valence-electron chi connectivity index (χ0n) is 13.3. The van der Waals surface area contributed by atoms with E-state index in [0.717, 1.165) is 31.1 Å². The van der Waals surface area contributed by atoms with Crippen LogP contribution in [-0.4, -0.2) is 42.0 Å². The number of anilines is 1. The van der Waals surface area contributed by atoms with E-state index in [9.17, 15) is 4.79 Å². The highest BCUT2D eigenvalue weighted by molar-refractivity contribution is 5.83. The number of furan rings is 1. The van der Waals surface area contributed by atoms with Crippen LogP contribution in [0.3, 0.4) is 0 Å². The Labute approximate surface area is 140 Å². The van der Waals surface area contributed by atoms with Crippen LogP contribution in [0.2, 0.25) is 0 Å². The topological polar surface area (TPSA) is 73.4 Å². The van der Waals surface area contributed by atoms with Gasteiger partial charge in [-0.05, 0) is 30.7 Å². The summed E-state index contributed by atoms with van der Waals surface area (Å²) in [6, 6.07) is 9.45. The Morgan fingerprint density at radius 1 is 1.29 bits per heavy atom. The van der Waals surface area contributed by atoms with Crippen LogP contribution in [0.4, 0.5) is 5.82 Å². The molecule has 0 bridgehead atoms. The van der Waals surface area contributed by atoms with Crippen LogP contribution in [0.5, 0.6) is 0 Å². The molecule has 4 rings (SSSR count). The molecule has 1 aliphatic carbocycles. The number of carbonyl (C=O) groups excluding carboxylic acids is 1. The van der Waals surface area contributed by atoms with E-state index in [1.807, 2.05) is 17.0 Å². The number of pyridine rings is 1. The number of amides is 1. The molecule has 0 spiro atoms. The average Bonchev–Trinajstić information content (AvgIpc) is 3.26. The summed E-state index contributed by atoms with van der Waals surface area (Å²) in [7, 11) is 0. The van der Waals surface area contributed by atoms with Crippen LogP contribution in [0.15, 0.2) is 41.1 Å². The fraction of sp³-hybridized carbons (Fsp3) is 0.389. The number of nitrogens with zero attached hydrogens (tertiary/aromatic N) is 4. The van der Waals surface area contributed by atoms with Crippen LogP contribution in [-0.2, 0) is 4.79 Å². The molecule has 2 atom stereocenters. The summed E-state index contributed by atoms with van der Waals surface area (Å²) in [6.07, 6.45) is 4.21.